The number of hydrogen-bond acceptors (Lipinski definition) is 4. The Kier molecular flexibility index (Phi) is 8.16. The van der Waals surface area contributed by atoms with Crippen molar-refractivity contribution in [1.82, 2.24) is 10.6 Å². The van der Waals surface area contributed by atoms with E-state index >= 15 is 0 Å². The standard InChI is InChI=1S/C29H33N3O3/c1-21(30-2)28(33)31-26-16-14-24-13-15-25(35-18-17-22-9-5-3-6-10-22)19-27(24)32(29(26)34)20-23-11-7-4-8-12-23/h3-13,15,19,21,26,30H,14,16-18,20H2,1-2H3,(H,31,33)/t21?,26-/m0/s1. The average molecular weight is 472 g/mol. The van der Waals surface area contributed by atoms with Crippen LogP contribution in [0.2, 0.25) is 0 Å². The van der Waals surface area contributed by atoms with Gasteiger partial charge in [0.2, 0.25) is 11.8 Å². The van der Waals surface area contributed by atoms with E-state index in [2.05, 4.69) is 22.8 Å². The van der Waals surface area contributed by atoms with Gasteiger partial charge in [0.15, 0.2) is 0 Å². The van der Waals surface area contributed by atoms with E-state index in [0.29, 0.717) is 26.0 Å². The molecule has 1 unspecified atom stereocenters. The van der Waals surface area contributed by atoms with Crippen molar-refractivity contribution in [2.24, 2.45) is 0 Å². The maximum atomic E-state index is 13.7. The van der Waals surface area contributed by atoms with Crippen LogP contribution in [0.15, 0.2) is 78.9 Å². The normalized spacial score (nSPS) is 16.2. The highest BCUT2D eigenvalue weighted by Crippen LogP contribution is 2.32. The molecule has 0 saturated heterocycles. The molecule has 3 aromatic rings. The summed E-state index contributed by atoms with van der Waals surface area (Å²) in [5.74, 6) is 0.448. The molecule has 0 saturated carbocycles. The van der Waals surface area contributed by atoms with Gasteiger partial charge in [0.25, 0.3) is 0 Å². The maximum Gasteiger partial charge on any atom is 0.249 e. The number of nitrogens with zero attached hydrogens (tertiary/aromatic N) is 1. The third kappa shape index (κ3) is 6.28. The van der Waals surface area contributed by atoms with Crippen molar-refractivity contribution in [3.8, 4) is 5.75 Å². The zero-order valence-corrected chi connectivity index (χ0v) is 20.4. The number of rotatable bonds is 9. The van der Waals surface area contributed by atoms with Crippen LogP contribution >= 0.6 is 0 Å². The summed E-state index contributed by atoms with van der Waals surface area (Å²) >= 11 is 0. The Hall–Kier alpha value is -3.64. The van der Waals surface area contributed by atoms with E-state index in [1.807, 2.05) is 66.7 Å². The first-order valence-corrected chi connectivity index (χ1v) is 12.2. The van der Waals surface area contributed by atoms with Gasteiger partial charge in [0.1, 0.15) is 11.8 Å². The van der Waals surface area contributed by atoms with Crippen LogP contribution in [0.5, 0.6) is 5.75 Å². The summed E-state index contributed by atoms with van der Waals surface area (Å²) in [6.45, 7) is 2.76. The second-order valence-electron chi connectivity index (χ2n) is 8.89. The molecule has 0 aromatic heterocycles. The van der Waals surface area contributed by atoms with Crippen molar-refractivity contribution in [2.75, 3.05) is 18.6 Å². The van der Waals surface area contributed by atoms with Gasteiger partial charge in [-0.05, 0) is 49.6 Å². The third-order valence-electron chi connectivity index (χ3n) is 6.44. The molecule has 2 amide bonds. The Morgan fingerprint density at radius 1 is 1.03 bits per heavy atom. The fourth-order valence-electron chi connectivity index (χ4n) is 4.25. The fraction of sp³-hybridized carbons (Fsp3) is 0.310. The minimum atomic E-state index is -0.586. The van der Waals surface area contributed by atoms with Gasteiger partial charge in [-0.1, -0.05) is 66.7 Å². The minimum Gasteiger partial charge on any atom is -0.493 e. The summed E-state index contributed by atoms with van der Waals surface area (Å²) in [4.78, 5) is 28.1. The van der Waals surface area contributed by atoms with Crippen LogP contribution in [0.4, 0.5) is 5.69 Å². The molecule has 2 N–H and O–H groups in total. The molecule has 1 aliphatic rings. The van der Waals surface area contributed by atoms with Crippen LogP contribution in [0.25, 0.3) is 0 Å². The van der Waals surface area contributed by atoms with E-state index in [1.165, 1.54) is 5.56 Å². The Bertz CT molecular complexity index is 1130. The van der Waals surface area contributed by atoms with Gasteiger partial charge in [0, 0.05) is 12.5 Å². The summed E-state index contributed by atoms with van der Waals surface area (Å²) in [5.41, 5.74) is 4.16. The average Bonchev–Trinajstić information content (AvgIpc) is 3.01. The van der Waals surface area contributed by atoms with Crippen molar-refractivity contribution in [3.05, 3.63) is 95.6 Å². The number of hydrogen-bond donors (Lipinski definition) is 2. The second-order valence-corrected chi connectivity index (χ2v) is 8.89. The Labute approximate surface area is 207 Å². The van der Waals surface area contributed by atoms with Gasteiger partial charge in [-0.25, -0.2) is 0 Å². The smallest absolute Gasteiger partial charge is 0.249 e. The van der Waals surface area contributed by atoms with Crippen molar-refractivity contribution < 1.29 is 14.3 Å². The highest BCUT2D eigenvalue weighted by molar-refractivity contribution is 6.01. The van der Waals surface area contributed by atoms with E-state index in [9.17, 15) is 9.59 Å². The molecule has 1 heterocycles. The molecular formula is C29H33N3O3. The SMILES string of the molecule is CNC(C)C(=O)N[C@H]1CCc2ccc(OCCc3ccccc3)cc2N(Cc2ccccc2)C1=O. The van der Waals surface area contributed by atoms with Gasteiger partial charge < -0.3 is 20.3 Å². The van der Waals surface area contributed by atoms with Crippen LogP contribution in [0.1, 0.15) is 30.0 Å². The Morgan fingerprint density at radius 2 is 1.71 bits per heavy atom. The molecule has 0 aliphatic carbocycles. The van der Waals surface area contributed by atoms with Crippen LogP contribution < -0.4 is 20.3 Å². The van der Waals surface area contributed by atoms with Gasteiger partial charge in [-0.15, -0.1) is 0 Å². The van der Waals surface area contributed by atoms with E-state index in [0.717, 1.165) is 29.0 Å². The summed E-state index contributed by atoms with van der Waals surface area (Å²) in [7, 11) is 1.73. The van der Waals surface area contributed by atoms with E-state index in [4.69, 9.17) is 4.74 Å². The van der Waals surface area contributed by atoms with Crippen molar-refractivity contribution in [3.63, 3.8) is 0 Å². The first kappa shape index (κ1) is 24.5. The number of likely N-dealkylation sites (N-methyl/N-ethyl adjacent to an activating group) is 1. The maximum absolute atomic E-state index is 13.7. The third-order valence-corrected chi connectivity index (χ3v) is 6.44. The second kappa shape index (κ2) is 11.7. The lowest BCUT2D eigenvalue weighted by Gasteiger charge is -2.27. The molecule has 182 valence electrons. The summed E-state index contributed by atoms with van der Waals surface area (Å²) < 4.78 is 6.07. The minimum absolute atomic E-state index is 0.106. The zero-order chi connectivity index (χ0) is 24.6. The van der Waals surface area contributed by atoms with Crippen LogP contribution in [0.3, 0.4) is 0 Å². The number of amides is 2. The van der Waals surface area contributed by atoms with Crippen molar-refractivity contribution >= 4 is 17.5 Å². The highest BCUT2D eigenvalue weighted by atomic mass is 16.5. The van der Waals surface area contributed by atoms with E-state index in [-0.39, 0.29) is 17.9 Å². The number of benzene rings is 3. The molecular weight excluding hydrogens is 438 g/mol. The van der Waals surface area contributed by atoms with Crippen LogP contribution in [-0.2, 0) is 29.0 Å². The molecule has 4 rings (SSSR count). The lowest BCUT2D eigenvalue weighted by Crippen LogP contribution is -2.52. The summed E-state index contributed by atoms with van der Waals surface area (Å²) in [6.07, 6.45) is 2.05. The molecule has 6 nitrogen and oxygen atoms in total. The quantitative estimate of drug-likeness (QED) is 0.497. The number of carbonyl (C=O) groups excluding carboxylic acids is 2. The largest absolute Gasteiger partial charge is 0.493 e. The monoisotopic (exact) mass is 471 g/mol. The lowest BCUT2D eigenvalue weighted by atomic mass is 10.1. The number of fused-ring (bicyclic) bond motifs is 1. The Morgan fingerprint density at radius 3 is 2.40 bits per heavy atom. The lowest BCUT2D eigenvalue weighted by molar-refractivity contribution is -0.128. The molecule has 2 atom stereocenters. The number of ether oxygens (including phenoxy) is 1. The van der Waals surface area contributed by atoms with Gasteiger partial charge >= 0.3 is 0 Å². The summed E-state index contributed by atoms with van der Waals surface area (Å²) in [5, 5.41) is 5.89. The number of anilines is 1. The van der Waals surface area contributed by atoms with Crippen molar-refractivity contribution in [1.29, 1.82) is 0 Å². The predicted molar refractivity (Wildman–Crippen MR) is 138 cm³/mol. The molecule has 0 bridgehead atoms. The number of aryl methyl sites for hydroxylation is 1. The van der Waals surface area contributed by atoms with Gasteiger partial charge in [-0.2, -0.15) is 0 Å². The highest BCUT2D eigenvalue weighted by Gasteiger charge is 2.32. The molecule has 0 spiro atoms. The van der Waals surface area contributed by atoms with Crippen LogP contribution in [-0.4, -0.2) is 37.6 Å². The molecule has 1 aliphatic heterocycles. The van der Waals surface area contributed by atoms with Gasteiger partial charge in [-0.3, -0.25) is 9.59 Å². The Balaban J connectivity index is 1.57. The summed E-state index contributed by atoms with van der Waals surface area (Å²) in [6, 6.07) is 25.2. The van der Waals surface area contributed by atoms with E-state index < -0.39 is 6.04 Å². The molecule has 35 heavy (non-hydrogen) atoms. The van der Waals surface area contributed by atoms with Crippen LogP contribution in [0, 0.1) is 0 Å². The number of nitrogens with one attached hydrogen (secondary N) is 2. The van der Waals surface area contributed by atoms with Crippen molar-refractivity contribution in [2.45, 2.75) is 44.8 Å². The molecule has 3 aromatic carbocycles. The molecule has 0 fully saturated rings. The number of carbonyl (C=O) groups is 2. The first-order valence-electron chi connectivity index (χ1n) is 12.2. The fourth-order valence-corrected chi connectivity index (χ4v) is 4.25. The predicted octanol–water partition coefficient (Wildman–Crippen LogP) is 3.88. The first-order chi connectivity index (χ1) is 17.0. The topological polar surface area (TPSA) is 70.7 Å². The van der Waals surface area contributed by atoms with Gasteiger partial charge in [0.05, 0.1) is 24.9 Å². The van der Waals surface area contributed by atoms with E-state index in [1.54, 1.807) is 18.9 Å². The molecule has 6 heteroatoms. The molecule has 0 radical (unpaired) electrons. The zero-order valence-electron chi connectivity index (χ0n) is 20.4.